The number of carbonyl (C=O) groups excluding carboxylic acids is 2. The Balaban J connectivity index is 1.99. The molecule has 4 nitrogen and oxygen atoms in total. The van der Waals surface area contributed by atoms with Crippen molar-refractivity contribution in [2.45, 2.75) is 66.2 Å². The van der Waals surface area contributed by atoms with Crippen LogP contribution in [-0.4, -0.2) is 23.3 Å². The van der Waals surface area contributed by atoms with Gasteiger partial charge in [-0.25, -0.2) is 0 Å². The van der Waals surface area contributed by atoms with Gasteiger partial charge in [-0.1, -0.05) is 32.9 Å². The van der Waals surface area contributed by atoms with Crippen LogP contribution in [0.4, 0.5) is 0 Å². The zero-order valence-electron chi connectivity index (χ0n) is 17.1. The number of Topliss-reactive ketones (excluding diaryl/α,β-unsaturated/α-hetero) is 1. The number of ketones is 2. The van der Waals surface area contributed by atoms with Crippen molar-refractivity contribution in [3.63, 3.8) is 0 Å². The summed E-state index contributed by atoms with van der Waals surface area (Å²) >= 11 is 0. The van der Waals surface area contributed by atoms with Crippen molar-refractivity contribution in [3.8, 4) is 0 Å². The minimum Gasteiger partial charge on any atom is -0.504 e. The number of fused-ring (bicyclic) bond motifs is 1. The molecule has 2 fully saturated rings. The van der Waals surface area contributed by atoms with Crippen LogP contribution in [0, 0.1) is 22.7 Å². The predicted molar refractivity (Wildman–Crippen MR) is 105 cm³/mol. The highest BCUT2D eigenvalue weighted by Crippen LogP contribution is 2.63. The Morgan fingerprint density at radius 3 is 2.67 bits per heavy atom. The second-order valence-electron chi connectivity index (χ2n) is 9.05. The van der Waals surface area contributed by atoms with Gasteiger partial charge in [-0.2, -0.15) is 0 Å². The molecule has 4 heteroatoms. The van der Waals surface area contributed by atoms with E-state index in [1.807, 2.05) is 0 Å². The number of carbonyl (C=O) groups is 2. The largest absolute Gasteiger partial charge is 0.504 e. The summed E-state index contributed by atoms with van der Waals surface area (Å²) < 4.78 is 5.37. The van der Waals surface area contributed by atoms with Gasteiger partial charge in [0.1, 0.15) is 0 Å². The summed E-state index contributed by atoms with van der Waals surface area (Å²) in [5.74, 6) is -0.442. The lowest BCUT2D eigenvalue weighted by atomic mass is 9.46. The van der Waals surface area contributed by atoms with Gasteiger partial charge in [-0.3, -0.25) is 9.59 Å². The fourth-order valence-corrected chi connectivity index (χ4v) is 5.73. The maximum atomic E-state index is 12.9. The molecule has 3 aliphatic rings. The number of hydrogen-bond acceptors (Lipinski definition) is 4. The smallest absolute Gasteiger partial charge is 0.227 e. The zero-order valence-corrected chi connectivity index (χ0v) is 17.1. The van der Waals surface area contributed by atoms with Crippen LogP contribution < -0.4 is 0 Å². The van der Waals surface area contributed by atoms with Crippen LogP contribution in [0.25, 0.3) is 0 Å². The van der Waals surface area contributed by atoms with Gasteiger partial charge in [-0.05, 0) is 68.1 Å². The number of rotatable bonds is 4. The average molecular weight is 373 g/mol. The number of aliphatic hydroxyl groups excluding tert-OH is 1. The molecule has 1 N–H and O–H groups in total. The predicted octanol–water partition coefficient (Wildman–Crippen LogP) is 5.06. The number of ether oxygens (including phenoxy) is 1. The summed E-state index contributed by atoms with van der Waals surface area (Å²) in [6, 6.07) is 0. The van der Waals surface area contributed by atoms with Crippen LogP contribution in [0.5, 0.6) is 0 Å². The molecule has 3 rings (SSSR count). The van der Waals surface area contributed by atoms with E-state index in [9.17, 15) is 14.7 Å². The average Bonchev–Trinajstić information content (AvgIpc) is 2.62. The molecule has 0 aromatic rings. The Hall–Kier alpha value is -1.84. The number of hydrogen-bond donors (Lipinski definition) is 1. The first-order valence-corrected chi connectivity index (χ1v) is 10.2. The highest BCUT2D eigenvalue weighted by atomic mass is 16.5. The molecule has 3 aliphatic carbocycles. The first-order chi connectivity index (χ1) is 12.6. The van der Waals surface area contributed by atoms with Crippen molar-refractivity contribution < 1.29 is 19.4 Å². The van der Waals surface area contributed by atoms with Gasteiger partial charge in [0.25, 0.3) is 0 Å². The Morgan fingerprint density at radius 2 is 2.00 bits per heavy atom. The maximum Gasteiger partial charge on any atom is 0.227 e. The summed E-state index contributed by atoms with van der Waals surface area (Å²) in [5.41, 5.74) is 1.43. The molecule has 0 saturated heterocycles. The van der Waals surface area contributed by atoms with E-state index in [-0.39, 0.29) is 27.9 Å². The number of allylic oxidation sites excluding steroid dienone is 3. The van der Waals surface area contributed by atoms with E-state index >= 15 is 0 Å². The Kier molecular flexibility index (Phi) is 5.13. The zero-order chi connectivity index (χ0) is 20.0. The standard InChI is InChI=1S/C23H32O4/c1-6-27-18-12-17(24)20(25)16(21(18)26)13-23(5)15(3)10-11-22(4)14(2)8-7-9-19(22)23/h12,15,19,25H,2,6-11,13H2,1,3-5H3. The third kappa shape index (κ3) is 3.07. The topological polar surface area (TPSA) is 63.6 Å². The summed E-state index contributed by atoms with van der Waals surface area (Å²) in [7, 11) is 0. The third-order valence-corrected chi connectivity index (χ3v) is 7.70. The summed E-state index contributed by atoms with van der Waals surface area (Å²) in [6.45, 7) is 13.3. The first kappa shape index (κ1) is 19.9. The van der Waals surface area contributed by atoms with E-state index < -0.39 is 11.5 Å². The van der Waals surface area contributed by atoms with Gasteiger partial charge in [-0.15, -0.1) is 0 Å². The van der Waals surface area contributed by atoms with Crippen LogP contribution >= 0.6 is 0 Å². The van der Waals surface area contributed by atoms with Crippen molar-refractivity contribution in [3.05, 3.63) is 35.3 Å². The molecule has 148 valence electrons. The van der Waals surface area contributed by atoms with Gasteiger partial charge in [0.15, 0.2) is 11.5 Å². The van der Waals surface area contributed by atoms with Gasteiger partial charge in [0, 0.05) is 11.6 Å². The summed E-state index contributed by atoms with van der Waals surface area (Å²) in [6.07, 6.45) is 6.98. The lowest BCUT2D eigenvalue weighted by Crippen LogP contribution is -2.50. The minimum absolute atomic E-state index is 0.0539. The molecule has 0 aromatic heterocycles. The Labute approximate surface area is 162 Å². The Morgan fingerprint density at radius 1 is 1.30 bits per heavy atom. The molecule has 0 spiro atoms. The highest BCUT2D eigenvalue weighted by molar-refractivity contribution is 6.20. The Bertz CT molecular complexity index is 743. The van der Waals surface area contributed by atoms with Gasteiger partial charge < -0.3 is 9.84 Å². The van der Waals surface area contributed by atoms with Crippen molar-refractivity contribution in [1.82, 2.24) is 0 Å². The van der Waals surface area contributed by atoms with Crippen molar-refractivity contribution in [2.75, 3.05) is 6.61 Å². The maximum absolute atomic E-state index is 12.9. The van der Waals surface area contributed by atoms with Gasteiger partial charge in [0.2, 0.25) is 11.6 Å². The van der Waals surface area contributed by atoms with Crippen LogP contribution in [0.15, 0.2) is 35.3 Å². The second kappa shape index (κ2) is 6.96. The SMILES string of the molecule is C=C1CCCC2C1(C)CCC(C)C2(C)CC1=C(O)C(=O)C=C(OCC)C1=O. The quantitative estimate of drug-likeness (QED) is 0.553. The van der Waals surface area contributed by atoms with Crippen molar-refractivity contribution >= 4 is 11.6 Å². The first-order valence-electron chi connectivity index (χ1n) is 10.2. The molecule has 0 bridgehead atoms. The van der Waals surface area contributed by atoms with E-state index in [1.54, 1.807) is 6.92 Å². The molecule has 4 atom stereocenters. The molecule has 4 unspecified atom stereocenters. The molecule has 0 amide bonds. The van der Waals surface area contributed by atoms with Crippen LogP contribution in [0.2, 0.25) is 0 Å². The molecule has 2 saturated carbocycles. The van der Waals surface area contributed by atoms with Gasteiger partial charge in [0.05, 0.1) is 6.61 Å². The minimum atomic E-state index is -0.532. The molecular weight excluding hydrogens is 340 g/mol. The third-order valence-electron chi connectivity index (χ3n) is 7.70. The molecule has 27 heavy (non-hydrogen) atoms. The van der Waals surface area contributed by atoms with E-state index in [0.717, 1.165) is 38.2 Å². The van der Waals surface area contributed by atoms with Crippen molar-refractivity contribution in [2.24, 2.45) is 22.7 Å². The van der Waals surface area contributed by atoms with Crippen LogP contribution in [0.3, 0.4) is 0 Å². The second-order valence-corrected chi connectivity index (χ2v) is 9.05. The molecule has 0 radical (unpaired) electrons. The number of aliphatic hydroxyl groups is 1. The van der Waals surface area contributed by atoms with Crippen LogP contribution in [-0.2, 0) is 14.3 Å². The van der Waals surface area contributed by atoms with E-state index in [2.05, 4.69) is 27.4 Å². The van der Waals surface area contributed by atoms with Crippen molar-refractivity contribution in [1.29, 1.82) is 0 Å². The molecule has 0 aliphatic heterocycles. The van der Waals surface area contributed by atoms with E-state index in [4.69, 9.17) is 4.74 Å². The van der Waals surface area contributed by atoms with E-state index in [0.29, 0.717) is 24.9 Å². The van der Waals surface area contributed by atoms with Crippen LogP contribution in [0.1, 0.15) is 66.2 Å². The fourth-order valence-electron chi connectivity index (χ4n) is 5.73. The molecule has 0 heterocycles. The van der Waals surface area contributed by atoms with E-state index in [1.165, 1.54) is 5.57 Å². The van der Waals surface area contributed by atoms with Gasteiger partial charge >= 0.3 is 0 Å². The summed E-state index contributed by atoms with van der Waals surface area (Å²) in [4.78, 5) is 25.1. The normalized spacial score (nSPS) is 37.2. The molecule has 0 aromatic carbocycles. The lowest BCUT2D eigenvalue weighted by molar-refractivity contribution is -0.121. The highest BCUT2D eigenvalue weighted by Gasteiger charge is 2.55. The fraction of sp³-hybridized carbons (Fsp3) is 0.652. The monoisotopic (exact) mass is 372 g/mol. The molecular formula is C23H32O4. The lowest BCUT2D eigenvalue weighted by Gasteiger charge is -2.59. The summed E-state index contributed by atoms with van der Waals surface area (Å²) in [5, 5.41) is 10.4.